The Kier molecular flexibility index (Phi) is 4.20. The fourth-order valence-electron chi connectivity index (χ4n) is 1.88. The van der Waals surface area contributed by atoms with Crippen LogP contribution in [0, 0.1) is 0 Å². The molecule has 6 nitrogen and oxygen atoms in total. The summed E-state index contributed by atoms with van der Waals surface area (Å²) in [5.74, 6) is -1.82. The van der Waals surface area contributed by atoms with Crippen molar-refractivity contribution in [3.05, 3.63) is 35.0 Å². The van der Waals surface area contributed by atoms with E-state index in [0.29, 0.717) is 16.0 Å². The van der Waals surface area contributed by atoms with Crippen LogP contribution in [0.5, 0.6) is 0 Å². The van der Waals surface area contributed by atoms with Crippen LogP contribution in [0.1, 0.15) is 17.5 Å². The molecule has 0 radical (unpaired) electrons. The van der Waals surface area contributed by atoms with Gasteiger partial charge in [0.15, 0.2) is 11.3 Å². The summed E-state index contributed by atoms with van der Waals surface area (Å²) in [5.41, 5.74) is -1.05. The van der Waals surface area contributed by atoms with Crippen LogP contribution in [0.15, 0.2) is 28.7 Å². The molecule has 0 aliphatic rings. The maximum atomic E-state index is 12.1. The van der Waals surface area contributed by atoms with Gasteiger partial charge < -0.3 is 19.6 Å². The van der Waals surface area contributed by atoms with Crippen molar-refractivity contribution in [1.82, 2.24) is 5.32 Å². The second kappa shape index (κ2) is 5.75. The number of amides is 1. The smallest absolute Gasteiger partial charge is 0.331 e. The van der Waals surface area contributed by atoms with Crippen molar-refractivity contribution < 1.29 is 23.8 Å². The summed E-state index contributed by atoms with van der Waals surface area (Å²) in [6, 6.07) is 6.44. The topological polar surface area (TPSA) is 88.8 Å². The van der Waals surface area contributed by atoms with Crippen LogP contribution in [-0.4, -0.2) is 36.2 Å². The van der Waals surface area contributed by atoms with Gasteiger partial charge in [-0.25, -0.2) is 4.79 Å². The Morgan fingerprint density at radius 2 is 2.14 bits per heavy atom. The van der Waals surface area contributed by atoms with Gasteiger partial charge in [-0.15, -0.1) is 0 Å². The van der Waals surface area contributed by atoms with Gasteiger partial charge in [-0.3, -0.25) is 4.79 Å². The summed E-state index contributed by atoms with van der Waals surface area (Å²) in [6.45, 7) is 1.19. The number of hydrogen-bond donors (Lipinski definition) is 2. The molecule has 1 aromatic carbocycles. The van der Waals surface area contributed by atoms with Crippen molar-refractivity contribution >= 4 is 34.4 Å². The maximum absolute atomic E-state index is 12.1. The number of aliphatic carboxylic acids is 1. The number of benzene rings is 1. The Hall–Kier alpha value is -2.05. The van der Waals surface area contributed by atoms with Crippen molar-refractivity contribution in [2.75, 3.05) is 13.7 Å². The van der Waals surface area contributed by atoms with E-state index >= 15 is 0 Å². The van der Waals surface area contributed by atoms with Gasteiger partial charge in [0.05, 0.1) is 6.61 Å². The first kappa shape index (κ1) is 15.3. The summed E-state index contributed by atoms with van der Waals surface area (Å²) >= 11 is 5.86. The Balaban J connectivity index is 2.27. The minimum atomic E-state index is -1.54. The number of halogens is 1. The zero-order chi connectivity index (χ0) is 15.6. The molecule has 0 fully saturated rings. The third-order valence-corrected chi connectivity index (χ3v) is 3.23. The highest BCUT2D eigenvalue weighted by atomic mass is 35.5. The second-order valence-corrected chi connectivity index (χ2v) is 5.25. The summed E-state index contributed by atoms with van der Waals surface area (Å²) in [4.78, 5) is 23.4. The molecular formula is C14H14ClNO5. The minimum absolute atomic E-state index is 0.0100. The molecule has 1 aromatic heterocycles. The molecule has 0 aliphatic carbocycles. The van der Waals surface area contributed by atoms with Gasteiger partial charge in [-0.2, -0.15) is 0 Å². The third kappa shape index (κ3) is 3.17. The molecule has 1 unspecified atom stereocenters. The predicted octanol–water partition coefficient (Wildman–Crippen LogP) is 2.31. The molecule has 7 heteroatoms. The van der Waals surface area contributed by atoms with Gasteiger partial charge in [0, 0.05) is 17.5 Å². The average molecular weight is 312 g/mol. The Morgan fingerprint density at radius 3 is 2.76 bits per heavy atom. The van der Waals surface area contributed by atoms with Gasteiger partial charge in [0.1, 0.15) is 5.58 Å². The van der Waals surface area contributed by atoms with Crippen molar-refractivity contribution in [2.24, 2.45) is 0 Å². The van der Waals surface area contributed by atoms with Crippen molar-refractivity contribution in [3.8, 4) is 0 Å². The molecule has 21 heavy (non-hydrogen) atoms. The minimum Gasteiger partial charge on any atom is -0.479 e. The molecule has 0 spiro atoms. The number of nitrogens with one attached hydrogen (secondary N) is 1. The SMILES string of the molecule is COCC(C)(NC(=O)c1cc2cc(Cl)ccc2o1)C(=O)O. The van der Waals surface area contributed by atoms with E-state index in [4.69, 9.17) is 20.8 Å². The molecule has 1 amide bonds. The highest BCUT2D eigenvalue weighted by Gasteiger charge is 2.36. The Morgan fingerprint density at radius 1 is 1.43 bits per heavy atom. The number of hydrogen-bond acceptors (Lipinski definition) is 4. The monoisotopic (exact) mass is 311 g/mol. The first-order valence-electron chi connectivity index (χ1n) is 6.09. The first-order chi connectivity index (χ1) is 9.85. The number of ether oxygens (including phenoxy) is 1. The van der Waals surface area contributed by atoms with Gasteiger partial charge in [0.2, 0.25) is 0 Å². The zero-order valence-corrected chi connectivity index (χ0v) is 12.2. The molecular weight excluding hydrogens is 298 g/mol. The standard InChI is InChI=1S/C14H14ClNO5/c1-14(7-20-2,13(18)19)16-12(17)11-6-8-5-9(15)3-4-10(8)21-11/h3-6H,7H2,1-2H3,(H,16,17)(H,18,19). The average Bonchev–Trinajstić information content (AvgIpc) is 2.81. The highest BCUT2D eigenvalue weighted by Crippen LogP contribution is 2.23. The van der Waals surface area contributed by atoms with Crippen molar-refractivity contribution in [1.29, 1.82) is 0 Å². The van der Waals surface area contributed by atoms with E-state index in [9.17, 15) is 14.7 Å². The van der Waals surface area contributed by atoms with E-state index in [1.54, 1.807) is 18.2 Å². The van der Waals surface area contributed by atoms with Gasteiger partial charge in [-0.05, 0) is 31.2 Å². The number of fused-ring (bicyclic) bond motifs is 1. The van der Waals surface area contributed by atoms with Gasteiger partial charge in [0.25, 0.3) is 5.91 Å². The molecule has 2 aromatic rings. The van der Waals surface area contributed by atoms with Crippen LogP contribution < -0.4 is 5.32 Å². The quantitative estimate of drug-likeness (QED) is 0.884. The molecule has 2 rings (SSSR count). The molecule has 2 N–H and O–H groups in total. The maximum Gasteiger partial charge on any atom is 0.331 e. The summed E-state index contributed by atoms with van der Waals surface area (Å²) in [7, 11) is 1.36. The zero-order valence-electron chi connectivity index (χ0n) is 11.5. The van der Waals surface area contributed by atoms with Gasteiger partial charge >= 0.3 is 5.97 Å². The summed E-state index contributed by atoms with van der Waals surface area (Å²) in [6.07, 6.45) is 0. The fraction of sp³-hybridized carbons (Fsp3) is 0.286. The van der Waals surface area contributed by atoms with Crippen LogP contribution in [0.25, 0.3) is 11.0 Å². The summed E-state index contributed by atoms with van der Waals surface area (Å²) in [5, 5.41) is 12.8. The van der Waals surface area contributed by atoms with Crippen LogP contribution in [0.3, 0.4) is 0 Å². The highest BCUT2D eigenvalue weighted by molar-refractivity contribution is 6.31. The molecule has 0 aliphatic heterocycles. The van der Waals surface area contributed by atoms with E-state index in [0.717, 1.165) is 0 Å². The van der Waals surface area contributed by atoms with E-state index in [1.807, 2.05) is 0 Å². The Labute approximate surface area is 125 Å². The van der Waals surface area contributed by atoms with Crippen molar-refractivity contribution in [3.63, 3.8) is 0 Å². The largest absolute Gasteiger partial charge is 0.479 e. The molecule has 0 bridgehead atoms. The lowest BCUT2D eigenvalue weighted by Gasteiger charge is -2.24. The lowest BCUT2D eigenvalue weighted by Crippen LogP contribution is -2.55. The number of carboxylic acid groups (broad SMARTS) is 1. The number of carbonyl (C=O) groups is 2. The fourth-order valence-corrected chi connectivity index (χ4v) is 2.06. The predicted molar refractivity (Wildman–Crippen MR) is 76.6 cm³/mol. The van der Waals surface area contributed by atoms with Crippen LogP contribution >= 0.6 is 11.6 Å². The molecule has 1 atom stereocenters. The first-order valence-corrected chi connectivity index (χ1v) is 6.47. The van der Waals surface area contributed by atoms with Crippen LogP contribution in [0.4, 0.5) is 0 Å². The van der Waals surface area contributed by atoms with E-state index in [1.165, 1.54) is 20.1 Å². The van der Waals surface area contributed by atoms with Crippen molar-refractivity contribution in [2.45, 2.75) is 12.5 Å². The number of furan rings is 1. The number of methoxy groups -OCH3 is 1. The molecule has 1 heterocycles. The van der Waals surface area contributed by atoms with E-state index in [2.05, 4.69) is 5.32 Å². The normalized spacial score (nSPS) is 13.9. The number of rotatable bonds is 5. The third-order valence-electron chi connectivity index (χ3n) is 3.00. The molecule has 0 saturated heterocycles. The van der Waals surface area contributed by atoms with Crippen LogP contribution in [-0.2, 0) is 9.53 Å². The lowest BCUT2D eigenvalue weighted by atomic mass is 10.0. The van der Waals surface area contributed by atoms with Crippen LogP contribution in [0.2, 0.25) is 5.02 Å². The van der Waals surface area contributed by atoms with E-state index < -0.39 is 17.4 Å². The van der Waals surface area contributed by atoms with E-state index in [-0.39, 0.29) is 12.4 Å². The summed E-state index contributed by atoms with van der Waals surface area (Å²) < 4.78 is 10.2. The number of carboxylic acids is 1. The Bertz CT molecular complexity index is 696. The molecule has 0 saturated carbocycles. The molecule has 112 valence electrons. The number of carbonyl (C=O) groups excluding carboxylic acids is 1. The second-order valence-electron chi connectivity index (χ2n) is 4.82. The van der Waals surface area contributed by atoms with Gasteiger partial charge in [-0.1, -0.05) is 11.6 Å². The lowest BCUT2D eigenvalue weighted by molar-refractivity contribution is -0.145.